The molecule has 0 amide bonds. The normalized spacial score (nSPS) is 14.7. The van der Waals surface area contributed by atoms with Gasteiger partial charge in [-0.15, -0.1) is 0 Å². The van der Waals surface area contributed by atoms with Crippen LogP contribution in [-0.2, 0) is 0 Å². The molecule has 19 heavy (non-hydrogen) atoms. The van der Waals surface area contributed by atoms with Gasteiger partial charge >= 0.3 is 5.97 Å². The van der Waals surface area contributed by atoms with Crippen molar-refractivity contribution in [2.45, 2.75) is 45.4 Å². The largest absolute Gasteiger partial charge is 0.478 e. The molecule has 1 aliphatic rings. The van der Waals surface area contributed by atoms with E-state index in [0.717, 1.165) is 24.6 Å². The Morgan fingerprint density at radius 1 is 1.47 bits per heavy atom. The lowest BCUT2D eigenvalue weighted by molar-refractivity contribution is 0.0696. The number of hydrogen-bond acceptors (Lipinski definition) is 3. The van der Waals surface area contributed by atoms with Gasteiger partial charge in [-0.1, -0.05) is 26.7 Å². The van der Waals surface area contributed by atoms with Crippen LogP contribution in [0.4, 0.5) is 5.82 Å². The van der Waals surface area contributed by atoms with Crippen LogP contribution in [0.1, 0.15) is 61.5 Å². The molecule has 1 saturated carbocycles. The Balaban J connectivity index is 1.98. The number of nitrogens with zero attached hydrogens (tertiary/aromatic N) is 1. The minimum absolute atomic E-state index is 0.228. The summed E-state index contributed by atoms with van der Waals surface area (Å²) < 4.78 is 0. The number of pyridine rings is 1. The van der Waals surface area contributed by atoms with Crippen LogP contribution in [0.15, 0.2) is 12.1 Å². The fourth-order valence-electron chi connectivity index (χ4n) is 2.08. The Hall–Kier alpha value is -1.58. The molecule has 1 aromatic heterocycles. The molecule has 0 aliphatic heterocycles. The quantitative estimate of drug-likeness (QED) is 0.738. The first kappa shape index (κ1) is 13.8. The molecule has 0 radical (unpaired) electrons. The van der Waals surface area contributed by atoms with Gasteiger partial charge in [0, 0.05) is 12.2 Å². The molecule has 0 aromatic carbocycles. The van der Waals surface area contributed by atoms with E-state index in [4.69, 9.17) is 5.11 Å². The summed E-state index contributed by atoms with van der Waals surface area (Å²) in [6, 6.07) is 3.27. The lowest BCUT2D eigenvalue weighted by Gasteiger charge is -2.11. The summed E-state index contributed by atoms with van der Waals surface area (Å²) in [7, 11) is 0. The summed E-state index contributed by atoms with van der Waals surface area (Å²) in [5.74, 6) is 0.947. The predicted octanol–water partition coefficient (Wildman–Crippen LogP) is 3.51. The van der Waals surface area contributed by atoms with Crippen LogP contribution < -0.4 is 5.32 Å². The number of aromatic nitrogens is 1. The van der Waals surface area contributed by atoms with E-state index < -0.39 is 5.97 Å². The van der Waals surface area contributed by atoms with Crippen molar-refractivity contribution < 1.29 is 9.90 Å². The van der Waals surface area contributed by atoms with Gasteiger partial charge in [-0.2, -0.15) is 0 Å². The van der Waals surface area contributed by atoms with Crippen molar-refractivity contribution in [3.63, 3.8) is 0 Å². The van der Waals surface area contributed by atoms with Gasteiger partial charge in [0.1, 0.15) is 5.82 Å². The Labute approximate surface area is 114 Å². The van der Waals surface area contributed by atoms with Crippen LogP contribution >= 0.6 is 0 Å². The predicted molar refractivity (Wildman–Crippen MR) is 75.7 cm³/mol. The monoisotopic (exact) mass is 262 g/mol. The van der Waals surface area contributed by atoms with Crippen molar-refractivity contribution >= 4 is 11.8 Å². The molecule has 1 aromatic rings. The summed E-state index contributed by atoms with van der Waals surface area (Å²) >= 11 is 0. The Bertz CT molecular complexity index is 453. The third-order valence-corrected chi connectivity index (χ3v) is 3.48. The third kappa shape index (κ3) is 4.23. The summed E-state index contributed by atoms with van der Waals surface area (Å²) in [6.07, 6.45) is 5.15. The molecule has 0 saturated heterocycles. The number of rotatable bonds is 7. The molecule has 0 unspecified atom stereocenters. The molecule has 1 heterocycles. The van der Waals surface area contributed by atoms with Crippen LogP contribution in [0.5, 0.6) is 0 Å². The zero-order valence-electron chi connectivity index (χ0n) is 11.6. The molecule has 2 rings (SSSR count). The fourth-order valence-corrected chi connectivity index (χ4v) is 2.08. The average molecular weight is 262 g/mol. The van der Waals surface area contributed by atoms with E-state index in [2.05, 4.69) is 10.3 Å². The SMILES string of the molecule is CC(C)c1cc(C(=O)O)cc(NCCCC2CC2)n1. The minimum Gasteiger partial charge on any atom is -0.478 e. The van der Waals surface area contributed by atoms with Crippen molar-refractivity contribution in [3.8, 4) is 0 Å². The van der Waals surface area contributed by atoms with E-state index in [1.807, 2.05) is 13.8 Å². The van der Waals surface area contributed by atoms with Gasteiger partial charge in [0.05, 0.1) is 5.56 Å². The van der Waals surface area contributed by atoms with Gasteiger partial charge in [0.15, 0.2) is 0 Å². The molecule has 1 aliphatic carbocycles. The molecule has 0 bridgehead atoms. The number of anilines is 1. The molecule has 2 N–H and O–H groups in total. The second-order valence-corrected chi connectivity index (χ2v) is 5.64. The maximum absolute atomic E-state index is 11.1. The summed E-state index contributed by atoms with van der Waals surface area (Å²) in [6.45, 7) is 4.90. The number of carbonyl (C=O) groups is 1. The van der Waals surface area contributed by atoms with Crippen LogP contribution in [-0.4, -0.2) is 22.6 Å². The van der Waals surface area contributed by atoms with Crippen LogP contribution in [0, 0.1) is 5.92 Å². The van der Waals surface area contributed by atoms with Crippen LogP contribution in [0.2, 0.25) is 0 Å². The Kier molecular flexibility index (Phi) is 4.40. The van der Waals surface area contributed by atoms with E-state index in [9.17, 15) is 4.79 Å². The zero-order valence-corrected chi connectivity index (χ0v) is 11.6. The number of hydrogen-bond donors (Lipinski definition) is 2. The lowest BCUT2D eigenvalue weighted by atomic mass is 10.1. The number of carboxylic acid groups (broad SMARTS) is 1. The first-order chi connectivity index (χ1) is 9.06. The topological polar surface area (TPSA) is 62.2 Å². The highest BCUT2D eigenvalue weighted by molar-refractivity contribution is 5.88. The fraction of sp³-hybridized carbons (Fsp3) is 0.600. The van der Waals surface area contributed by atoms with E-state index in [0.29, 0.717) is 11.4 Å². The van der Waals surface area contributed by atoms with Crippen LogP contribution in [0.3, 0.4) is 0 Å². The van der Waals surface area contributed by atoms with Crippen molar-refractivity contribution in [3.05, 3.63) is 23.4 Å². The smallest absolute Gasteiger partial charge is 0.335 e. The van der Waals surface area contributed by atoms with Crippen molar-refractivity contribution in [2.24, 2.45) is 5.92 Å². The summed E-state index contributed by atoms with van der Waals surface area (Å²) in [5, 5.41) is 12.4. The van der Waals surface area contributed by atoms with Gasteiger partial charge < -0.3 is 10.4 Å². The molecule has 4 heteroatoms. The van der Waals surface area contributed by atoms with Gasteiger partial charge in [-0.05, 0) is 36.8 Å². The van der Waals surface area contributed by atoms with Gasteiger partial charge in [-0.25, -0.2) is 9.78 Å². The lowest BCUT2D eigenvalue weighted by Crippen LogP contribution is -2.08. The molecule has 0 atom stereocenters. The van der Waals surface area contributed by atoms with Gasteiger partial charge in [0.2, 0.25) is 0 Å². The molecule has 1 fully saturated rings. The Morgan fingerprint density at radius 3 is 2.79 bits per heavy atom. The highest BCUT2D eigenvalue weighted by Crippen LogP contribution is 2.33. The highest BCUT2D eigenvalue weighted by Gasteiger charge is 2.20. The van der Waals surface area contributed by atoms with E-state index in [-0.39, 0.29) is 5.92 Å². The van der Waals surface area contributed by atoms with Crippen molar-refractivity contribution in [1.29, 1.82) is 0 Å². The molecule has 4 nitrogen and oxygen atoms in total. The second-order valence-electron chi connectivity index (χ2n) is 5.64. The van der Waals surface area contributed by atoms with Gasteiger partial charge in [0.25, 0.3) is 0 Å². The maximum atomic E-state index is 11.1. The van der Waals surface area contributed by atoms with E-state index in [1.54, 1.807) is 12.1 Å². The summed E-state index contributed by atoms with van der Waals surface area (Å²) in [4.78, 5) is 15.6. The minimum atomic E-state index is -0.898. The first-order valence-corrected chi connectivity index (χ1v) is 7.05. The number of aromatic carboxylic acids is 1. The first-order valence-electron chi connectivity index (χ1n) is 7.05. The van der Waals surface area contributed by atoms with E-state index >= 15 is 0 Å². The molecular weight excluding hydrogens is 240 g/mol. The highest BCUT2D eigenvalue weighted by atomic mass is 16.4. The van der Waals surface area contributed by atoms with Crippen LogP contribution in [0.25, 0.3) is 0 Å². The third-order valence-electron chi connectivity index (χ3n) is 3.48. The standard InChI is InChI=1S/C15H22N2O2/c1-10(2)13-8-12(15(18)19)9-14(17-13)16-7-3-4-11-5-6-11/h8-11H,3-7H2,1-2H3,(H,16,17)(H,18,19). The molecular formula is C15H22N2O2. The van der Waals surface area contributed by atoms with Crippen molar-refractivity contribution in [2.75, 3.05) is 11.9 Å². The zero-order chi connectivity index (χ0) is 13.8. The number of carboxylic acids is 1. The Morgan fingerprint density at radius 2 is 2.21 bits per heavy atom. The number of nitrogens with one attached hydrogen (secondary N) is 1. The average Bonchev–Trinajstić information content (AvgIpc) is 3.18. The maximum Gasteiger partial charge on any atom is 0.335 e. The van der Waals surface area contributed by atoms with Gasteiger partial charge in [-0.3, -0.25) is 0 Å². The second kappa shape index (κ2) is 6.04. The molecule has 0 spiro atoms. The molecule has 104 valence electrons. The van der Waals surface area contributed by atoms with Crippen molar-refractivity contribution in [1.82, 2.24) is 4.98 Å². The summed E-state index contributed by atoms with van der Waals surface area (Å²) in [5.41, 5.74) is 1.13. The van der Waals surface area contributed by atoms with E-state index in [1.165, 1.54) is 19.3 Å².